The SMILES string of the molecule is O=P(O)(O)C(F)(F)c1ccc(CSc2ccncc2)cc1Br. The van der Waals surface area contributed by atoms with E-state index in [-0.39, 0.29) is 4.47 Å². The summed E-state index contributed by atoms with van der Waals surface area (Å²) in [5, 5.41) is 0. The standard InChI is InChI=1S/C13H11BrF2NO3PS/c14-12-7-9(8-22-10-3-5-17-6-4-10)1-2-11(12)13(15,16)21(18,19)20/h1-7H,8H2,(H2,18,19,20). The van der Waals surface area contributed by atoms with Crippen molar-refractivity contribution in [1.29, 1.82) is 0 Å². The maximum Gasteiger partial charge on any atom is 0.399 e. The molecule has 1 heterocycles. The van der Waals surface area contributed by atoms with E-state index in [0.717, 1.165) is 16.5 Å². The number of pyridine rings is 1. The van der Waals surface area contributed by atoms with E-state index in [1.54, 1.807) is 12.4 Å². The van der Waals surface area contributed by atoms with Gasteiger partial charge in [0.05, 0.1) is 0 Å². The fourth-order valence-electron chi connectivity index (χ4n) is 1.65. The van der Waals surface area contributed by atoms with Gasteiger partial charge in [-0.1, -0.05) is 28.1 Å². The summed E-state index contributed by atoms with van der Waals surface area (Å²) in [5.41, 5.74) is -4.19. The number of alkyl halides is 2. The third-order valence-electron chi connectivity index (χ3n) is 2.78. The number of halogens is 3. The lowest BCUT2D eigenvalue weighted by Gasteiger charge is -2.19. The predicted octanol–water partition coefficient (Wildman–Crippen LogP) is 4.36. The summed E-state index contributed by atoms with van der Waals surface area (Å²) in [4.78, 5) is 22.4. The summed E-state index contributed by atoms with van der Waals surface area (Å²) >= 11 is 4.46. The Kier molecular flexibility index (Phi) is 5.40. The van der Waals surface area contributed by atoms with E-state index < -0.39 is 18.8 Å². The van der Waals surface area contributed by atoms with Gasteiger partial charge in [0.1, 0.15) is 0 Å². The number of hydrogen-bond acceptors (Lipinski definition) is 3. The summed E-state index contributed by atoms with van der Waals surface area (Å²) < 4.78 is 38.3. The third-order valence-corrected chi connectivity index (χ3v) is 5.49. The number of nitrogens with zero attached hydrogens (tertiary/aromatic N) is 1. The van der Waals surface area contributed by atoms with Crippen LogP contribution >= 0.6 is 35.3 Å². The van der Waals surface area contributed by atoms with Crippen LogP contribution in [0.2, 0.25) is 0 Å². The molecule has 1 aromatic carbocycles. The zero-order valence-electron chi connectivity index (χ0n) is 11.0. The van der Waals surface area contributed by atoms with Crippen molar-refractivity contribution < 1.29 is 23.1 Å². The highest BCUT2D eigenvalue weighted by Crippen LogP contribution is 2.60. The van der Waals surface area contributed by atoms with Crippen LogP contribution in [0.3, 0.4) is 0 Å². The van der Waals surface area contributed by atoms with E-state index in [2.05, 4.69) is 20.9 Å². The van der Waals surface area contributed by atoms with Crippen LogP contribution in [-0.4, -0.2) is 14.8 Å². The van der Waals surface area contributed by atoms with Crippen LogP contribution in [0, 0.1) is 0 Å². The Balaban J connectivity index is 2.18. The first-order chi connectivity index (χ1) is 10.2. The largest absolute Gasteiger partial charge is 0.399 e. The summed E-state index contributed by atoms with van der Waals surface area (Å²) in [6.07, 6.45) is 3.31. The molecule has 0 spiro atoms. The number of benzene rings is 1. The Hall–Kier alpha value is -0.790. The molecule has 9 heteroatoms. The summed E-state index contributed by atoms with van der Waals surface area (Å²) in [7, 11) is -5.57. The molecule has 0 amide bonds. The van der Waals surface area contributed by atoms with E-state index >= 15 is 0 Å². The lowest BCUT2D eigenvalue weighted by atomic mass is 10.1. The average molecular weight is 410 g/mol. The second-order valence-corrected chi connectivity index (χ2v) is 7.92. The summed E-state index contributed by atoms with van der Waals surface area (Å²) in [5.74, 6) is 0.532. The van der Waals surface area contributed by atoms with Crippen molar-refractivity contribution in [2.75, 3.05) is 0 Å². The Bertz CT molecular complexity index is 712. The highest BCUT2D eigenvalue weighted by molar-refractivity contribution is 9.10. The molecule has 0 radical (unpaired) electrons. The number of aromatic nitrogens is 1. The van der Waals surface area contributed by atoms with Gasteiger partial charge in [-0.05, 0) is 23.8 Å². The van der Waals surface area contributed by atoms with Crippen molar-refractivity contribution >= 4 is 35.3 Å². The van der Waals surface area contributed by atoms with E-state index in [9.17, 15) is 13.3 Å². The van der Waals surface area contributed by atoms with Crippen molar-refractivity contribution in [3.8, 4) is 0 Å². The van der Waals surface area contributed by atoms with Gasteiger partial charge in [0, 0.05) is 33.1 Å². The van der Waals surface area contributed by atoms with Gasteiger partial charge in [-0.15, -0.1) is 11.8 Å². The highest BCUT2D eigenvalue weighted by Gasteiger charge is 2.51. The molecular formula is C13H11BrF2NO3PS. The molecular weight excluding hydrogens is 399 g/mol. The molecule has 1 aromatic heterocycles. The Labute approximate surface area is 138 Å². The van der Waals surface area contributed by atoms with E-state index in [1.807, 2.05) is 12.1 Å². The second-order valence-electron chi connectivity index (χ2n) is 4.37. The molecule has 2 N–H and O–H groups in total. The monoisotopic (exact) mass is 409 g/mol. The Morgan fingerprint density at radius 2 is 1.86 bits per heavy atom. The zero-order valence-corrected chi connectivity index (χ0v) is 14.3. The summed E-state index contributed by atoms with van der Waals surface area (Å²) in [6, 6.07) is 7.56. The van der Waals surface area contributed by atoms with Crippen molar-refractivity contribution in [2.45, 2.75) is 16.3 Å². The van der Waals surface area contributed by atoms with E-state index in [1.165, 1.54) is 23.9 Å². The molecule has 4 nitrogen and oxygen atoms in total. The van der Waals surface area contributed by atoms with Crippen LogP contribution in [0.4, 0.5) is 8.78 Å². The van der Waals surface area contributed by atoms with Crippen molar-refractivity contribution in [2.24, 2.45) is 0 Å². The Morgan fingerprint density at radius 3 is 2.41 bits per heavy atom. The highest BCUT2D eigenvalue weighted by atomic mass is 79.9. The molecule has 0 aliphatic rings. The minimum Gasteiger partial charge on any atom is -0.320 e. The molecule has 0 aliphatic carbocycles. The molecule has 0 unspecified atom stereocenters. The molecule has 0 atom stereocenters. The van der Waals surface area contributed by atoms with Gasteiger partial charge in [-0.2, -0.15) is 8.78 Å². The Morgan fingerprint density at radius 1 is 1.23 bits per heavy atom. The lowest BCUT2D eigenvalue weighted by Crippen LogP contribution is -2.14. The molecule has 22 heavy (non-hydrogen) atoms. The minimum absolute atomic E-state index is 0.0337. The molecule has 0 bridgehead atoms. The quantitative estimate of drug-likeness (QED) is 0.566. The fourth-order valence-corrected chi connectivity index (χ4v) is 3.81. The van der Waals surface area contributed by atoms with Gasteiger partial charge < -0.3 is 9.79 Å². The zero-order chi connectivity index (χ0) is 16.4. The van der Waals surface area contributed by atoms with Crippen LogP contribution in [-0.2, 0) is 16.0 Å². The van der Waals surface area contributed by atoms with E-state index in [0.29, 0.717) is 5.75 Å². The van der Waals surface area contributed by atoms with Crippen LogP contribution in [0.25, 0.3) is 0 Å². The predicted molar refractivity (Wildman–Crippen MR) is 83.9 cm³/mol. The smallest absolute Gasteiger partial charge is 0.320 e. The van der Waals surface area contributed by atoms with E-state index in [4.69, 9.17) is 9.79 Å². The topological polar surface area (TPSA) is 70.4 Å². The second kappa shape index (κ2) is 6.76. The van der Waals surface area contributed by atoms with Crippen LogP contribution in [0.5, 0.6) is 0 Å². The van der Waals surface area contributed by atoms with Gasteiger partial charge >= 0.3 is 13.3 Å². The van der Waals surface area contributed by atoms with Crippen LogP contribution in [0.15, 0.2) is 52.1 Å². The molecule has 2 rings (SSSR count). The summed E-state index contributed by atoms with van der Waals surface area (Å²) in [6.45, 7) is 0. The van der Waals surface area contributed by atoms with Gasteiger partial charge in [0.15, 0.2) is 0 Å². The van der Waals surface area contributed by atoms with Crippen molar-refractivity contribution in [3.63, 3.8) is 0 Å². The number of thioether (sulfide) groups is 1. The molecule has 2 aromatic rings. The fraction of sp³-hybridized carbons (Fsp3) is 0.154. The van der Waals surface area contributed by atoms with Gasteiger partial charge in [0.2, 0.25) is 0 Å². The van der Waals surface area contributed by atoms with Crippen molar-refractivity contribution in [1.82, 2.24) is 4.98 Å². The maximum absolute atomic E-state index is 13.7. The van der Waals surface area contributed by atoms with Crippen molar-refractivity contribution in [3.05, 3.63) is 58.3 Å². The number of hydrogen-bond donors (Lipinski definition) is 2. The molecule has 118 valence electrons. The average Bonchev–Trinajstić information content (AvgIpc) is 2.45. The van der Waals surface area contributed by atoms with Crippen LogP contribution < -0.4 is 0 Å². The molecule has 0 fully saturated rings. The third kappa shape index (κ3) is 3.94. The number of rotatable bonds is 5. The molecule has 0 saturated carbocycles. The molecule has 0 aliphatic heterocycles. The first-order valence-electron chi connectivity index (χ1n) is 5.97. The first kappa shape index (κ1) is 17.6. The maximum atomic E-state index is 13.7. The molecule has 0 saturated heterocycles. The van der Waals surface area contributed by atoms with Gasteiger partial charge in [-0.25, -0.2) is 0 Å². The normalized spacial score (nSPS) is 12.4. The first-order valence-corrected chi connectivity index (χ1v) is 9.36. The van der Waals surface area contributed by atoms with Gasteiger partial charge in [0.25, 0.3) is 0 Å². The van der Waals surface area contributed by atoms with Gasteiger partial charge in [-0.3, -0.25) is 9.55 Å². The van der Waals surface area contributed by atoms with Crippen LogP contribution in [0.1, 0.15) is 11.1 Å². The lowest BCUT2D eigenvalue weighted by molar-refractivity contribution is 0.0557. The minimum atomic E-state index is -5.57.